The van der Waals surface area contributed by atoms with E-state index in [0.717, 1.165) is 21.7 Å². The quantitative estimate of drug-likeness (QED) is 0.705. The Hall–Kier alpha value is -2.67. The molecule has 0 spiro atoms. The van der Waals surface area contributed by atoms with Crippen molar-refractivity contribution in [2.24, 2.45) is 0 Å². The molecule has 1 amide bonds. The molecule has 0 atom stereocenters. The molecule has 0 aliphatic rings. The van der Waals surface area contributed by atoms with E-state index < -0.39 is 10.0 Å². The molecule has 2 aromatic carbocycles. The lowest BCUT2D eigenvalue weighted by Crippen LogP contribution is -2.34. The second-order valence-corrected chi connectivity index (χ2v) is 8.36. The third-order valence-electron chi connectivity index (χ3n) is 4.06. The van der Waals surface area contributed by atoms with Gasteiger partial charge in [0.05, 0.1) is 11.9 Å². The lowest BCUT2D eigenvalue weighted by molar-refractivity contribution is -0.121. The fraction of sp³-hybridized carbons (Fsp3) is 0.300. The van der Waals surface area contributed by atoms with Gasteiger partial charge in [-0.3, -0.25) is 13.9 Å². The maximum absolute atomic E-state index is 12.2. The number of anilines is 1. The third kappa shape index (κ3) is 6.21. The number of aryl methyl sites for hydroxylation is 1. The number of carbonyl (C=O) groups excluding carboxylic acids is 2. The van der Waals surface area contributed by atoms with Gasteiger partial charge >= 0.3 is 0 Å². The summed E-state index contributed by atoms with van der Waals surface area (Å²) >= 11 is 0. The average molecular weight is 388 g/mol. The van der Waals surface area contributed by atoms with Crippen molar-refractivity contribution in [2.75, 3.05) is 17.1 Å². The van der Waals surface area contributed by atoms with Crippen LogP contribution in [0.25, 0.3) is 0 Å². The summed E-state index contributed by atoms with van der Waals surface area (Å²) in [6.45, 7) is 3.78. The van der Waals surface area contributed by atoms with Crippen LogP contribution in [-0.4, -0.2) is 32.9 Å². The Kier molecular flexibility index (Phi) is 6.74. The highest BCUT2D eigenvalue weighted by atomic mass is 32.2. The number of carbonyl (C=O) groups is 2. The van der Waals surface area contributed by atoms with Crippen LogP contribution in [0.4, 0.5) is 5.69 Å². The summed E-state index contributed by atoms with van der Waals surface area (Å²) in [5, 5.41) is 2.80. The van der Waals surface area contributed by atoms with E-state index in [1.165, 1.54) is 13.0 Å². The number of ketones is 1. The third-order valence-corrected chi connectivity index (χ3v) is 5.25. The van der Waals surface area contributed by atoms with Crippen LogP contribution in [0.3, 0.4) is 0 Å². The maximum atomic E-state index is 12.2. The van der Waals surface area contributed by atoms with E-state index in [1.807, 2.05) is 31.2 Å². The van der Waals surface area contributed by atoms with Gasteiger partial charge in [0.25, 0.3) is 0 Å². The number of benzene rings is 2. The Morgan fingerprint density at radius 3 is 2.41 bits per heavy atom. The van der Waals surface area contributed by atoms with Crippen LogP contribution in [0.5, 0.6) is 0 Å². The molecule has 0 saturated heterocycles. The molecule has 0 heterocycles. The molecule has 2 rings (SSSR count). The van der Waals surface area contributed by atoms with Gasteiger partial charge in [-0.05, 0) is 31.5 Å². The zero-order valence-corrected chi connectivity index (χ0v) is 16.5. The SMILES string of the molecule is CC(=O)c1cccc(N(CCC(=O)NCc2cccc(C)c2)S(C)(=O)=O)c1. The molecule has 27 heavy (non-hydrogen) atoms. The van der Waals surface area contributed by atoms with Crippen LogP contribution in [-0.2, 0) is 21.4 Å². The highest BCUT2D eigenvalue weighted by molar-refractivity contribution is 7.92. The summed E-state index contributed by atoms with van der Waals surface area (Å²) in [4.78, 5) is 23.7. The van der Waals surface area contributed by atoms with Crippen LogP contribution in [0.15, 0.2) is 48.5 Å². The molecule has 2 aromatic rings. The van der Waals surface area contributed by atoms with E-state index in [-0.39, 0.29) is 24.7 Å². The molecule has 0 radical (unpaired) electrons. The number of amides is 1. The number of nitrogens with zero attached hydrogens (tertiary/aromatic N) is 1. The molecule has 0 fully saturated rings. The lowest BCUT2D eigenvalue weighted by atomic mass is 10.1. The summed E-state index contributed by atoms with van der Waals surface area (Å²) in [6, 6.07) is 14.2. The molecule has 0 saturated carbocycles. The summed E-state index contributed by atoms with van der Waals surface area (Å²) in [5.41, 5.74) is 2.88. The predicted molar refractivity (Wildman–Crippen MR) is 106 cm³/mol. The van der Waals surface area contributed by atoms with Crippen molar-refractivity contribution in [3.05, 3.63) is 65.2 Å². The smallest absolute Gasteiger partial charge is 0.232 e. The van der Waals surface area contributed by atoms with Gasteiger partial charge in [0, 0.05) is 25.1 Å². The molecule has 0 aliphatic heterocycles. The Balaban J connectivity index is 2.03. The van der Waals surface area contributed by atoms with E-state index >= 15 is 0 Å². The average Bonchev–Trinajstić information content (AvgIpc) is 2.59. The van der Waals surface area contributed by atoms with Crippen molar-refractivity contribution < 1.29 is 18.0 Å². The van der Waals surface area contributed by atoms with Gasteiger partial charge in [0.15, 0.2) is 5.78 Å². The lowest BCUT2D eigenvalue weighted by Gasteiger charge is -2.22. The molecule has 144 valence electrons. The second-order valence-electron chi connectivity index (χ2n) is 6.46. The minimum absolute atomic E-state index is 0.000157. The van der Waals surface area contributed by atoms with Crippen molar-refractivity contribution in [3.63, 3.8) is 0 Å². The van der Waals surface area contributed by atoms with Gasteiger partial charge in [0.1, 0.15) is 0 Å². The highest BCUT2D eigenvalue weighted by Gasteiger charge is 2.19. The summed E-state index contributed by atoms with van der Waals surface area (Å²) < 4.78 is 25.4. The van der Waals surface area contributed by atoms with Gasteiger partial charge in [-0.1, -0.05) is 42.0 Å². The van der Waals surface area contributed by atoms with E-state index in [4.69, 9.17) is 0 Å². The van der Waals surface area contributed by atoms with Crippen LogP contribution in [0, 0.1) is 6.92 Å². The molecular formula is C20H24N2O4S. The van der Waals surface area contributed by atoms with Crippen LogP contribution in [0.1, 0.15) is 34.8 Å². The number of nitrogens with one attached hydrogen (secondary N) is 1. The van der Waals surface area contributed by atoms with Gasteiger partial charge in [0.2, 0.25) is 15.9 Å². The standard InChI is InChI=1S/C20H24N2O4S/c1-15-6-4-7-17(12-15)14-21-20(24)10-11-22(27(3,25)26)19-9-5-8-18(13-19)16(2)23/h4-9,12-13H,10-11,14H2,1-3H3,(H,21,24). The molecule has 6 nitrogen and oxygen atoms in total. The number of rotatable bonds is 8. The van der Waals surface area contributed by atoms with Crippen LogP contribution >= 0.6 is 0 Å². The molecule has 1 N–H and O–H groups in total. The molecular weight excluding hydrogens is 364 g/mol. The van der Waals surface area contributed by atoms with E-state index in [1.54, 1.807) is 18.2 Å². The molecule has 0 unspecified atom stereocenters. The van der Waals surface area contributed by atoms with Crippen molar-refractivity contribution in [1.82, 2.24) is 5.32 Å². The van der Waals surface area contributed by atoms with Gasteiger partial charge in [-0.15, -0.1) is 0 Å². The number of hydrogen-bond donors (Lipinski definition) is 1. The molecule has 7 heteroatoms. The molecule has 0 aliphatic carbocycles. The number of hydrogen-bond acceptors (Lipinski definition) is 4. The zero-order valence-electron chi connectivity index (χ0n) is 15.7. The number of sulfonamides is 1. The van der Waals surface area contributed by atoms with Crippen molar-refractivity contribution >= 4 is 27.4 Å². The van der Waals surface area contributed by atoms with Crippen molar-refractivity contribution in [1.29, 1.82) is 0 Å². The number of Topliss-reactive ketones (excluding diaryl/α,β-unsaturated/α-hetero) is 1. The Labute approximate surface area is 160 Å². The highest BCUT2D eigenvalue weighted by Crippen LogP contribution is 2.20. The van der Waals surface area contributed by atoms with E-state index in [9.17, 15) is 18.0 Å². The van der Waals surface area contributed by atoms with Crippen LogP contribution in [0.2, 0.25) is 0 Å². The fourth-order valence-electron chi connectivity index (χ4n) is 2.68. The first-order chi connectivity index (χ1) is 12.7. The van der Waals surface area contributed by atoms with Gasteiger partial charge in [-0.2, -0.15) is 0 Å². The van der Waals surface area contributed by atoms with Crippen molar-refractivity contribution in [3.8, 4) is 0 Å². The topological polar surface area (TPSA) is 83.6 Å². The first-order valence-electron chi connectivity index (χ1n) is 8.58. The van der Waals surface area contributed by atoms with Gasteiger partial charge < -0.3 is 5.32 Å². The predicted octanol–water partition coefficient (Wildman–Crippen LogP) is 2.67. The summed E-state index contributed by atoms with van der Waals surface area (Å²) in [5.74, 6) is -0.394. The normalized spacial score (nSPS) is 11.1. The first-order valence-corrected chi connectivity index (χ1v) is 10.4. The second kappa shape index (κ2) is 8.81. The minimum Gasteiger partial charge on any atom is -0.352 e. The van der Waals surface area contributed by atoms with Crippen molar-refractivity contribution in [2.45, 2.75) is 26.8 Å². The fourth-order valence-corrected chi connectivity index (χ4v) is 3.60. The largest absolute Gasteiger partial charge is 0.352 e. The minimum atomic E-state index is -3.59. The van der Waals surface area contributed by atoms with Crippen LogP contribution < -0.4 is 9.62 Å². The Bertz CT molecular complexity index is 939. The Morgan fingerprint density at radius 2 is 1.78 bits per heavy atom. The van der Waals surface area contributed by atoms with E-state index in [2.05, 4.69) is 5.32 Å². The monoisotopic (exact) mass is 388 g/mol. The maximum Gasteiger partial charge on any atom is 0.232 e. The molecule has 0 bridgehead atoms. The summed E-state index contributed by atoms with van der Waals surface area (Å²) in [7, 11) is -3.59. The Morgan fingerprint density at radius 1 is 1.07 bits per heavy atom. The summed E-state index contributed by atoms with van der Waals surface area (Å²) in [6.07, 6.45) is 1.10. The zero-order chi connectivity index (χ0) is 20.0. The van der Waals surface area contributed by atoms with E-state index in [0.29, 0.717) is 17.8 Å². The molecule has 0 aromatic heterocycles. The van der Waals surface area contributed by atoms with Gasteiger partial charge in [-0.25, -0.2) is 8.42 Å². The first kappa shape index (κ1) is 20.6.